The van der Waals surface area contributed by atoms with Crippen LogP contribution in [0, 0.1) is 0 Å². The molecular formula is C13H18N4O2. The second kappa shape index (κ2) is 6.17. The number of nitrogens with one attached hydrogen (secondary N) is 1. The van der Waals surface area contributed by atoms with E-state index in [4.69, 9.17) is 9.26 Å². The third kappa shape index (κ3) is 3.67. The number of ether oxygens (including phenoxy) is 1. The van der Waals surface area contributed by atoms with E-state index in [1.807, 2.05) is 32.9 Å². The molecule has 0 spiro atoms. The van der Waals surface area contributed by atoms with Crippen LogP contribution in [0.2, 0.25) is 0 Å². The summed E-state index contributed by atoms with van der Waals surface area (Å²) >= 11 is 0. The van der Waals surface area contributed by atoms with Gasteiger partial charge in [-0.2, -0.15) is 4.98 Å². The van der Waals surface area contributed by atoms with Gasteiger partial charge in [-0.05, 0) is 18.6 Å². The van der Waals surface area contributed by atoms with E-state index in [1.165, 1.54) is 0 Å². The fraction of sp³-hybridized carbons (Fsp3) is 0.462. The lowest BCUT2D eigenvalue weighted by Gasteiger charge is -2.04. The van der Waals surface area contributed by atoms with Gasteiger partial charge >= 0.3 is 6.01 Å². The molecule has 6 heteroatoms. The Hall–Kier alpha value is -2.11. The van der Waals surface area contributed by atoms with E-state index in [2.05, 4.69) is 20.4 Å². The van der Waals surface area contributed by atoms with Crippen LogP contribution in [0.5, 0.6) is 5.88 Å². The van der Waals surface area contributed by atoms with Crippen LogP contribution in [0.25, 0.3) is 0 Å². The standard InChI is InChI=1S/C13H18N4O2/c1-4-18-11-7-10(5-6-14-11)8-15-13-16-12(9(2)3)17-19-13/h5-7,9H,4,8H2,1-3H3,(H,15,16,17). The van der Waals surface area contributed by atoms with Gasteiger partial charge in [0.25, 0.3) is 0 Å². The molecule has 2 aromatic heterocycles. The summed E-state index contributed by atoms with van der Waals surface area (Å²) < 4.78 is 10.5. The van der Waals surface area contributed by atoms with Gasteiger partial charge in [0.05, 0.1) is 6.61 Å². The first-order chi connectivity index (χ1) is 9.19. The number of hydrogen-bond acceptors (Lipinski definition) is 6. The zero-order valence-electron chi connectivity index (χ0n) is 11.4. The van der Waals surface area contributed by atoms with Gasteiger partial charge in [0.1, 0.15) is 0 Å². The van der Waals surface area contributed by atoms with Gasteiger partial charge in [-0.1, -0.05) is 19.0 Å². The zero-order chi connectivity index (χ0) is 13.7. The molecule has 19 heavy (non-hydrogen) atoms. The fourth-order valence-corrected chi connectivity index (χ4v) is 1.51. The number of rotatable bonds is 6. The first kappa shape index (κ1) is 13.3. The lowest BCUT2D eigenvalue weighted by molar-refractivity contribution is 0.326. The first-order valence-electron chi connectivity index (χ1n) is 6.34. The molecule has 6 nitrogen and oxygen atoms in total. The molecule has 0 saturated heterocycles. The number of pyridine rings is 1. The summed E-state index contributed by atoms with van der Waals surface area (Å²) in [5, 5.41) is 6.97. The molecule has 0 fully saturated rings. The third-order valence-electron chi connectivity index (χ3n) is 2.49. The summed E-state index contributed by atoms with van der Waals surface area (Å²) in [6.45, 7) is 7.16. The van der Waals surface area contributed by atoms with E-state index in [0.29, 0.717) is 30.9 Å². The van der Waals surface area contributed by atoms with Crippen molar-refractivity contribution in [2.24, 2.45) is 0 Å². The highest BCUT2D eigenvalue weighted by Gasteiger charge is 2.09. The van der Waals surface area contributed by atoms with Crippen molar-refractivity contribution >= 4 is 6.01 Å². The highest BCUT2D eigenvalue weighted by molar-refractivity contribution is 5.26. The predicted octanol–water partition coefficient (Wildman–Crippen LogP) is 2.60. The van der Waals surface area contributed by atoms with Crippen LogP contribution >= 0.6 is 0 Å². The van der Waals surface area contributed by atoms with Crippen molar-refractivity contribution in [3.8, 4) is 5.88 Å². The van der Waals surface area contributed by atoms with Crippen molar-refractivity contribution in [3.63, 3.8) is 0 Å². The normalized spacial score (nSPS) is 10.7. The van der Waals surface area contributed by atoms with E-state index in [-0.39, 0.29) is 5.92 Å². The minimum absolute atomic E-state index is 0.254. The van der Waals surface area contributed by atoms with Crippen LogP contribution in [0.1, 0.15) is 38.1 Å². The van der Waals surface area contributed by atoms with Crippen LogP contribution < -0.4 is 10.1 Å². The lowest BCUT2D eigenvalue weighted by atomic mass is 10.2. The molecule has 1 N–H and O–H groups in total. The van der Waals surface area contributed by atoms with Crippen molar-refractivity contribution in [2.75, 3.05) is 11.9 Å². The van der Waals surface area contributed by atoms with Crippen molar-refractivity contribution in [2.45, 2.75) is 33.2 Å². The molecule has 0 unspecified atom stereocenters. The van der Waals surface area contributed by atoms with E-state index >= 15 is 0 Å². The predicted molar refractivity (Wildman–Crippen MR) is 71.1 cm³/mol. The van der Waals surface area contributed by atoms with Crippen molar-refractivity contribution in [1.29, 1.82) is 0 Å². The summed E-state index contributed by atoms with van der Waals surface area (Å²) in [4.78, 5) is 8.36. The van der Waals surface area contributed by atoms with Gasteiger partial charge in [-0.25, -0.2) is 4.98 Å². The molecule has 0 aliphatic carbocycles. The molecule has 0 radical (unpaired) electrons. The smallest absolute Gasteiger partial charge is 0.321 e. The van der Waals surface area contributed by atoms with Gasteiger partial charge in [0.15, 0.2) is 5.82 Å². The quantitative estimate of drug-likeness (QED) is 0.862. The van der Waals surface area contributed by atoms with E-state index in [0.717, 1.165) is 5.56 Å². The third-order valence-corrected chi connectivity index (χ3v) is 2.49. The fourth-order valence-electron chi connectivity index (χ4n) is 1.51. The number of aromatic nitrogens is 3. The molecule has 2 aromatic rings. The Morgan fingerprint density at radius 3 is 2.95 bits per heavy atom. The highest BCUT2D eigenvalue weighted by atomic mass is 16.5. The molecule has 0 bridgehead atoms. The van der Waals surface area contributed by atoms with E-state index in [9.17, 15) is 0 Å². The maximum atomic E-state index is 5.34. The first-order valence-corrected chi connectivity index (χ1v) is 6.34. The van der Waals surface area contributed by atoms with Crippen molar-refractivity contribution in [1.82, 2.24) is 15.1 Å². The average Bonchev–Trinajstić information content (AvgIpc) is 2.86. The van der Waals surface area contributed by atoms with Crippen LogP contribution in [0.15, 0.2) is 22.9 Å². The van der Waals surface area contributed by atoms with Gasteiger partial charge in [-0.3, -0.25) is 0 Å². The lowest BCUT2D eigenvalue weighted by Crippen LogP contribution is -2.01. The van der Waals surface area contributed by atoms with Crippen LogP contribution in [-0.2, 0) is 6.54 Å². The summed E-state index contributed by atoms with van der Waals surface area (Å²) in [7, 11) is 0. The van der Waals surface area contributed by atoms with Crippen molar-refractivity contribution in [3.05, 3.63) is 29.7 Å². The molecule has 0 amide bonds. The van der Waals surface area contributed by atoms with E-state index in [1.54, 1.807) is 6.20 Å². The minimum atomic E-state index is 0.254. The average molecular weight is 262 g/mol. The zero-order valence-corrected chi connectivity index (χ0v) is 11.4. The largest absolute Gasteiger partial charge is 0.478 e. The van der Waals surface area contributed by atoms with E-state index < -0.39 is 0 Å². The summed E-state index contributed by atoms with van der Waals surface area (Å²) in [6.07, 6.45) is 1.72. The van der Waals surface area contributed by atoms with Crippen LogP contribution in [-0.4, -0.2) is 21.7 Å². The van der Waals surface area contributed by atoms with Crippen molar-refractivity contribution < 1.29 is 9.26 Å². The summed E-state index contributed by atoms with van der Waals surface area (Å²) in [5.41, 5.74) is 1.04. The molecule has 0 saturated carbocycles. The minimum Gasteiger partial charge on any atom is -0.478 e. The molecule has 0 aliphatic heterocycles. The maximum absolute atomic E-state index is 5.34. The molecule has 0 aromatic carbocycles. The molecule has 0 atom stereocenters. The van der Waals surface area contributed by atoms with Gasteiger partial charge in [0, 0.05) is 24.7 Å². The van der Waals surface area contributed by atoms with Gasteiger partial charge < -0.3 is 14.6 Å². The SMILES string of the molecule is CCOc1cc(CNc2nc(C(C)C)no2)ccn1. The Balaban J connectivity index is 1.95. The second-order valence-corrected chi connectivity index (χ2v) is 4.40. The Bertz CT molecular complexity index is 525. The van der Waals surface area contributed by atoms with Gasteiger partial charge in [-0.15, -0.1) is 0 Å². The molecule has 0 aliphatic rings. The maximum Gasteiger partial charge on any atom is 0.321 e. The summed E-state index contributed by atoms with van der Waals surface area (Å²) in [6, 6.07) is 4.23. The molecule has 2 heterocycles. The van der Waals surface area contributed by atoms with Crippen LogP contribution in [0.4, 0.5) is 6.01 Å². The Kier molecular flexibility index (Phi) is 4.33. The monoisotopic (exact) mass is 262 g/mol. The second-order valence-electron chi connectivity index (χ2n) is 4.40. The number of anilines is 1. The Morgan fingerprint density at radius 1 is 1.42 bits per heavy atom. The number of hydrogen-bond donors (Lipinski definition) is 1. The molecule has 2 rings (SSSR count). The highest BCUT2D eigenvalue weighted by Crippen LogP contribution is 2.14. The summed E-state index contributed by atoms with van der Waals surface area (Å²) in [5.74, 6) is 1.58. The Morgan fingerprint density at radius 2 is 2.26 bits per heavy atom. The number of nitrogens with zero attached hydrogens (tertiary/aromatic N) is 3. The van der Waals surface area contributed by atoms with Crippen LogP contribution in [0.3, 0.4) is 0 Å². The molecule has 102 valence electrons. The molecular weight excluding hydrogens is 244 g/mol. The van der Waals surface area contributed by atoms with Gasteiger partial charge in [0.2, 0.25) is 5.88 Å². The Labute approximate surface area is 112 Å². The topological polar surface area (TPSA) is 73.1 Å².